The predicted octanol–water partition coefficient (Wildman–Crippen LogP) is 4.00. The third kappa shape index (κ3) is 5.03. The van der Waals surface area contributed by atoms with Gasteiger partial charge in [-0.3, -0.25) is 0 Å². The molecule has 21 heavy (non-hydrogen) atoms. The Kier molecular flexibility index (Phi) is 6.55. The summed E-state index contributed by atoms with van der Waals surface area (Å²) in [6.07, 6.45) is 9.80. The van der Waals surface area contributed by atoms with E-state index in [4.69, 9.17) is 4.74 Å². The molecule has 2 rings (SSSR count). The molecule has 0 amide bonds. The number of hydrogen-bond acceptors (Lipinski definition) is 3. The van der Waals surface area contributed by atoms with E-state index in [1.807, 2.05) is 6.92 Å². The molecule has 1 heterocycles. The van der Waals surface area contributed by atoms with Crippen LogP contribution in [-0.4, -0.2) is 28.8 Å². The Morgan fingerprint density at radius 3 is 2.71 bits per heavy atom. The number of hydrogen-bond donors (Lipinski definition) is 1. The van der Waals surface area contributed by atoms with Crippen LogP contribution in [0.3, 0.4) is 0 Å². The van der Waals surface area contributed by atoms with Gasteiger partial charge in [-0.25, -0.2) is 4.98 Å². The zero-order valence-electron chi connectivity index (χ0n) is 13.9. The zero-order chi connectivity index (χ0) is 15.1. The summed E-state index contributed by atoms with van der Waals surface area (Å²) in [5, 5.41) is 3.67. The van der Waals surface area contributed by atoms with E-state index < -0.39 is 0 Å². The van der Waals surface area contributed by atoms with Gasteiger partial charge in [0, 0.05) is 32.0 Å². The molecular formula is C17H31N3O. The van der Waals surface area contributed by atoms with E-state index in [1.54, 1.807) is 0 Å². The Morgan fingerprint density at radius 2 is 2.05 bits per heavy atom. The van der Waals surface area contributed by atoms with E-state index in [0.717, 1.165) is 43.7 Å². The van der Waals surface area contributed by atoms with Crippen molar-refractivity contribution in [2.75, 3.05) is 18.5 Å². The normalized spacial score (nSPS) is 22.4. The van der Waals surface area contributed by atoms with Crippen molar-refractivity contribution < 1.29 is 4.74 Å². The van der Waals surface area contributed by atoms with E-state index in [1.165, 1.54) is 32.1 Å². The largest absolute Gasteiger partial charge is 0.382 e. The summed E-state index contributed by atoms with van der Waals surface area (Å²) < 4.78 is 7.67. The van der Waals surface area contributed by atoms with Gasteiger partial charge in [-0.05, 0) is 51.9 Å². The molecule has 0 bridgehead atoms. The quantitative estimate of drug-likeness (QED) is 0.736. The fourth-order valence-corrected chi connectivity index (χ4v) is 3.21. The van der Waals surface area contributed by atoms with Gasteiger partial charge in [-0.1, -0.05) is 13.3 Å². The van der Waals surface area contributed by atoms with Gasteiger partial charge < -0.3 is 14.6 Å². The maximum absolute atomic E-state index is 5.42. The Hall–Kier alpha value is -1.03. The van der Waals surface area contributed by atoms with Gasteiger partial charge >= 0.3 is 0 Å². The molecule has 0 unspecified atom stereocenters. The van der Waals surface area contributed by atoms with Crippen LogP contribution in [0.5, 0.6) is 0 Å². The van der Waals surface area contributed by atoms with Crippen LogP contribution >= 0.6 is 0 Å². The van der Waals surface area contributed by atoms with E-state index in [-0.39, 0.29) is 0 Å². The molecule has 1 saturated carbocycles. The van der Waals surface area contributed by atoms with Gasteiger partial charge in [0.15, 0.2) is 0 Å². The Bertz CT molecular complexity index is 408. The fraction of sp³-hybridized carbons (Fsp3) is 0.824. The third-order valence-corrected chi connectivity index (χ3v) is 4.55. The molecule has 0 spiro atoms. The van der Waals surface area contributed by atoms with Gasteiger partial charge in [-0.2, -0.15) is 0 Å². The lowest BCUT2D eigenvalue weighted by molar-refractivity contribution is 0.142. The van der Waals surface area contributed by atoms with Crippen molar-refractivity contribution in [3.63, 3.8) is 0 Å². The standard InChI is InChI=1S/C17H31N3O/c1-4-15-7-9-16(10-8-15)19-17-18-14(3)13-20(17)11-6-12-21-5-2/h13,15-16H,4-12H2,1-3H3,(H,18,19). The molecule has 1 aliphatic rings. The number of imidazole rings is 1. The fourth-order valence-electron chi connectivity index (χ4n) is 3.21. The molecule has 1 N–H and O–H groups in total. The first-order valence-electron chi connectivity index (χ1n) is 8.61. The van der Waals surface area contributed by atoms with Gasteiger partial charge in [0.25, 0.3) is 0 Å². The number of anilines is 1. The monoisotopic (exact) mass is 293 g/mol. The summed E-state index contributed by atoms with van der Waals surface area (Å²) in [6, 6.07) is 0.597. The number of aryl methyl sites for hydroxylation is 2. The molecule has 0 aliphatic heterocycles. The Labute approximate surface area is 129 Å². The predicted molar refractivity (Wildman–Crippen MR) is 87.7 cm³/mol. The minimum Gasteiger partial charge on any atom is -0.382 e. The highest BCUT2D eigenvalue weighted by Crippen LogP contribution is 2.28. The summed E-state index contributed by atoms with van der Waals surface area (Å²) in [7, 11) is 0. The van der Waals surface area contributed by atoms with Crippen molar-refractivity contribution in [2.24, 2.45) is 5.92 Å². The second kappa shape index (κ2) is 8.42. The van der Waals surface area contributed by atoms with Crippen LogP contribution in [0.25, 0.3) is 0 Å². The van der Waals surface area contributed by atoms with Crippen molar-refractivity contribution in [1.29, 1.82) is 0 Å². The van der Waals surface area contributed by atoms with E-state index in [0.29, 0.717) is 6.04 Å². The minimum absolute atomic E-state index is 0.597. The molecule has 0 aromatic carbocycles. The molecule has 0 radical (unpaired) electrons. The lowest BCUT2D eigenvalue weighted by Gasteiger charge is -2.28. The highest BCUT2D eigenvalue weighted by atomic mass is 16.5. The van der Waals surface area contributed by atoms with E-state index >= 15 is 0 Å². The molecule has 0 atom stereocenters. The van der Waals surface area contributed by atoms with Crippen molar-refractivity contribution in [1.82, 2.24) is 9.55 Å². The second-order valence-electron chi connectivity index (χ2n) is 6.22. The highest BCUT2D eigenvalue weighted by molar-refractivity contribution is 5.30. The van der Waals surface area contributed by atoms with Gasteiger partial charge in [0.1, 0.15) is 0 Å². The maximum Gasteiger partial charge on any atom is 0.203 e. The molecular weight excluding hydrogens is 262 g/mol. The van der Waals surface area contributed by atoms with Crippen LogP contribution in [0, 0.1) is 12.8 Å². The number of nitrogens with zero attached hydrogens (tertiary/aromatic N) is 2. The number of nitrogens with one attached hydrogen (secondary N) is 1. The Balaban J connectivity index is 1.84. The summed E-state index contributed by atoms with van der Waals surface area (Å²) in [5.74, 6) is 1.99. The van der Waals surface area contributed by atoms with Crippen LogP contribution < -0.4 is 5.32 Å². The summed E-state index contributed by atoms with van der Waals surface area (Å²) in [5.41, 5.74) is 1.09. The van der Waals surface area contributed by atoms with Gasteiger partial charge in [0.2, 0.25) is 5.95 Å². The van der Waals surface area contributed by atoms with Crippen LogP contribution in [-0.2, 0) is 11.3 Å². The minimum atomic E-state index is 0.597. The molecule has 4 nitrogen and oxygen atoms in total. The van der Waals surface area contributed by atoms with Crippen molar-refractivity contribution in [2.45, 2.75) is 71.9 Å². The molecule has 120 valence electrons. The summed E-state index contributed by atoms with van der Waals surface area (Å²) >= 11 is 0. The average molecular weight is 293 g/mol. The second-order valence-corrected chi connectivity index (χ2v) is 6.22. The van der Waals surface area contributed by atoms with Crippen molar-refractivity contribution in [3.8, 4) is 0 Å². The van der Waals surface area contributed by atoms with Crippen molar-refractivity contribution >= 4 is 5.95 Å². The van der Waals surface area contributed by atoms with Crippen LogP contribution in [0.1, 0.15) is 58.1 Å². The van der Waals surface area contributed by atoms with Crippen LogP contribution in [0.15, 0.2) is 6.20 Å². The summed E-state index contributed by atoms with van der Waals surface area (Å²) in [6.45, 7) is 9.03. The zero-order valence-corrected chi connectivity index (χ0v) is 13.9. The van der Waals surface area contributed by atoms with Crippen LogP contribution in [0.2, 0.25) is 0 Å². The number of rotatable bonds is 8. The molecule has 1 aliphatic carbocycles. The first-order valence-corrected chi connectivity index (χ1v) is 8.61. The first kappa shape index (κ1) is 16.3. The highest BCUT2D eigenvalue weighted by Gasteiger charge is 2.21. The Morgan fingerprint density at radius 1 is 1.29 bits per heavy atom. The number of aromatic nitrogens is 2. The van der Waals surface area contributed by atoms with Gasteiger partial charge in [-0.15, -0.1) is 0 Å². The van der Waals surface area contributed by atoms with Crippen molar-refractivity contribution in [3.05, 3.63) is 11.9 Å². The topological polar surface area (TPSA) is 39.1 Å². The SMILES string of the molecule is CCOCCCn1cc(C)nc1NC1CCC(CC)CC1. The lowest BCUT2D eigenvalue weighted by atomic mass is 9.85. The average Bonchev–Trinajstić information content (AvgIpc) is 2.84. The van der Waals surface area contributed by atoms with E-state index in [9.17, 15) is 0 Å². The maximum atomic E-state index is 5.42. The molecule has 1 aromatic rings. The molecule has 1 aromatic heterocycles. The first-order chi connectivity index (χ1) is 10.2. The smallest absolute Gasteiger partial charge is 0.203 e. The molecule has 0 saturated heterocycles. The lowest BCUT2D eigenvalue weighted by Crippen LogP contribution is -2.27. The van der Waals surface area contributed by atoms with E-state index in [2.05, 4.69) is 34.9 Å². The molecule has 4 heteroatoms. The summed E-state index contributed by atoms with van der Waals surface area (Å²) in [4.78, 5) is 4.65. The van der Waals surface area contributed by atoms with Gasteiger partial charge in [0.05, 0.1) is 5.69 Å². The third-order valence-electron chi connectivity index (χ3n) is 4.55. The molecule has 1 fully saturated rings. The number of ether oxygens (including phenoxy) is 1. The van der Waals surface area contributed by atoms with Crippen LogP contribution in [0.4, 0.5) is 5.95 Å².